The van der Waals surface area contributed by atoms with Crippen molar-refractivity contribution < 1.29 is 14.2 Å². The quantitative estimate of drug-likeness (QED) is 0.922. The van der Waals surface area contributed by atoms with Crippen molar-refractivity contribution in [3.05, 3.63) is 58.9 Å². The molecule has 0 aliphatic carbocycles. The van der Waals surface area contributed by atoms with Crippen molar-refractivity contribution in [2.45, 2.75) is 20.0 Å². The van der Waals surface area contributed by atoms with E-state index in [-0.39, 0.29) is 5.75 Å². The van der Waals surface area contributed by atoms with Crippen LogP contribution < -0.4 is 4.74 Å². The van der Waals surface area contributed by atoms with Gasteiger partial charge >= 0.3 is 0 Å². The number of aliphatic hydroxyl groups excluding tert-OH is 1. The smallest absolute Gasteiger partial charge is 0.166 e. The maximum atomic E-state index is 13.9. The average Bonchev–Trinajstić information content (AvgIpc) is 2.43. The van der Waals surface area contributed by atoms with Crippen LogP contribution in [0.5, 0.6) is 11.5 Å². The van der Waals surface area contributed by atoms with Crippen molar-refractivity contribution in [2.24, 2.45) is 0 Å². The minimum absolute atomic E-state index is 0.0626. The van der Waals surface area contributed by atoms with E-state index in [2.05, 4.69) is 0 Å². The van der Waals surface area contributed by atoms with Crippen molar-refractivity contribution in [3.63, 3.8) is 0 Å². The Kier molecular flexibility index (Phi) is 4.02. The minimum Gasteiger partial charge on any atom is -0.454 e. The van der Waals surface area contributed by atoms with E-state index >= 15 is 0 Å². The van der Waals surface area contributed by atoms with Gasteiger partial charge in [0.05, 0.1) is 17.7 Å². The van der Waals surface area contributed by atoms with Crippen LogP contribution in [0.1, 0.15) is 29.7 Å². The highest BCUT2D eigenvalue weighted by Crippen LogP contribution is 2.29. The molecule has 0 bridgehead atoms. The molecule has 0 spiro atoms. The second-order valence-corrected chi connectivity index (χ2v) is 4.56. The van der Waals surface area contributed by atoms with Gasteiger partial charge in [-0.05, 0) is 49.2 Å². The van der Waals surface area contributed by atoms with Crippen LogP contribution in [0.15, 0.2) is 36.4 Å². The summed E-state index contributed by atoms with van der Waals surface area (Å²) in [5.41, 5.74) is 1.74. The molecule has 0 heterocycles. The van der Waals surface area contributed by atoms with Crippen LogP contribution in [-0.2, 0) is 0 Å². The third-order valence-electron chi connectivity index (χ3n) is 2.98. The Labute approximate surface area is 116 Å². The minimum atomic E-state index is -0.734. The number of halogens is 1. The van der Waals surface area contributed by atoms with E-state index in [9.17, 15) is 9.50 Å². The lowest BCUT2D eigenvalue weighted by molar-refractivity contribution is 0.198. The SMILES string of the molecule is Cc1ccc(C#N)cc1Oc1ccc(C(C)O)cc1F. The Morgan fingerprint density at radius 1 is 1.20 bits per heavy atom. The summed E-state index contributed by atoms with van der Waals surface area (Å²) in [6, 6.07) is 11.3. The van der Waals surface area contributed by atoms with E-state index in [1.807, 2.05) is 13.0 Å². The van der Waals surface area contributed by atoms with Gasteiger partial charge in [-0.2, -0.15) is 5.26 Å². The zero-order valence-corrected chi connectivity index (χ0v) is 11.2. The van der Waals surface area contributed by atoms with Crippen LogP contribution in [0.3, 0.4) is 0 Å². The highest BCUT2D eigenvalue weighted by atomic mass is 19.1. The molecule has 1 unspecified atom stereocenters. The highest BCUT2D eigenvalue weighted by Gasteiger charge is 2.10. The lowest BCUT2D eigenvalue weighted by Gasteiger charge is -2.11. The summed E-state index contributed by atoms with van der Waals surface area (Å²) >= 11 is 0. The van der Waals surface area contributed by atoms with E-state index in [4.69, 9.17) is 10.00 Å². The molecule has 0 saturated carbocycles. The zero-order valence-electron chi connectivity index (χ0n) is 11.2. The molecule has 2 aromatic carbocycles. The molecular weight excluding hydrogens is 257 g/mol. The molecule has 1 atom stereocenters. The van der Waals surface area contributed by atoms with Crippen LogP contribution in [0.25, 0.3) is 0 Å². The molecule has 4 heteroatoms. The summed E-state index contributed by atoms with van der Waals surface area (Å²) < 4.78 is 19.4. The van der Waals surface area contributed by atoms with Crippen molar-refractivity contribution >= 4 is 0 Å². The summed E-state index contributed by atoms with van der Waals surface area (Å²) in [6.45, 7) is 3.38. The Morgan fingerprint density at radius 2 is 1.95 bits per heavy atom. The first kappa shape index (κ1) is 14.0. The standard InChI is InChI=1S/C16H14FNO2/c1-10-3-4-12(9-18)7-16(10)20-15-6-5-13(11(2)19)8-14(15)17/h3-8,11,19H,1-2H3. The van der Waals surface area contributed by atoms with E-state index in [0.717, 1.165) is 5.56 Å². The van der Waals surface area contributed by atoms with Crippen LogP contribution in [0, 0.1) is 24.1 Å². The maximum absolute atomic E-state index is 13.9. The molecule has 0 aliphatic rings. The van der Waals surface area contributed by atoms with Crippen molar-refractivity contribution in [1.82, 2.24) is 0 Å². The van der Waals surface area contributed by atoms with Gasteiger partial charge in [-0.25, -0.2) is 4.39 Å². The predicted octanol–water partition coefficient (Wildman–Crippen LogP) is 3.85. The monoisotopic (exact) mass is 271 g/mol. The lowest BCUT2D eigenvalue weighted by Crippen LogP contribution is -1.95. The lowest BCUT2D eigenvalue weighted by atomic mass is 10.1. The highest BCUT2D eigenvalue weighted by molar-refractivity contribution is 5.44. The van der Waals surface area contributed by atoms with E-state index in [0.29, 0.717) is 16.9 Å². The van der Waals surface area contributed by atoms with Gasteiger partial charge in [0.25, 0.3) is 0 Å². The van der Waals surface area contributed by atoms with Gasteiger partial charge in [0.2, 0.25) is 0 Å². The third kappa shape index (κ3) is 2.95. The van der Waals surface area contributed by atoms with Gasteiger partial charge in [-0.1, -0.05) is 12.1 Å². The molecule has 1 N–H and O–H groups in total. The van der Waals surface area contributed by atoms with Crippen molar-refractivity contribution in [3.8, 4) is 17.6 Å². The third-order valence-corrected chi connectivity index (χ3v) is 2.98. The van der Waals surface area contributed by atoms with Crippen molar-refractivity contribution in [1.29, 1.82) is 5.26 Å². The summed E-state index contributed by atoms with van der Waals surface area (Å²) in [5.74, 6) is -0.0505. The van der Waals surface area contributed by atoms with Crippen LogP contribution in [0.4, 0.5) is 4.39 Å². The van der Waals surface area contributed by atoms with E-state index in [1.165, 1.54) is 12.1 Å². The fourth-order valence-electron chi connectivity index (χ4n) is 1.76. The normalized spacial score (nSPS) is 11.8. The molecular formula is C16H14FNO2. The number of aliphatic hydroxyl groups is 1. The Balaban J connectivity index is 2.33. The Bertz CT molecular complexity index is 675. The number of rotatable bonds is 3. The Hall–Kier alpha value is -2.38. The average molecular weight is 271 g/mol. The first-order valence-corrected chi connectivity index (χ1v) is 6.17. The topological polar surface area (TPSA) is 53.2 Å². The molecule has 3 nitrogen and oxygen atoms in total. The van der Waals surface area contributed by atoms with Crippen LogP contribution in [-0.4, -0.2) is 5.11 Å². The second-order valence-electron chi connectivity index (χ2n) is 4.56. The molecule has 102 valence electrons. The fourth-order valence-corrected chi connectivity index (χ4v) is 1.76. The number of benzene rings is 2. The largest absolute Gasteiger partial charge is 0.454 e. The molecule has 0 saturated heterocycles. The first-order valence-electron chi connectivity index (χ1n) is 6.17. The molecule has 0 aromatic heterocycles. The van der Waals surface area contributed by atoms with Gasteiger partial charge < -0.3 is 9.84 Å². The molecule has 0 amide bonds. The van der Waals surface area contributed by atoms with Gasteiger partial charge in [0, 0.05) is 0 Å². The number of hydrogen-bond donors (Lipinski definition) is 1. The molecule has 0 fully saturated rings. The maximum Gasteiger partial charge on any atom is 0.166 e. The summed E-state index contributed by atoms with van der Waals surface area (Å²) in [5, 5.41) is 18.3. The van der Waals surface area contributed by atoms with Crippen LogP contribution in [0.2, 0.25) is 0 Å². The van der Waals surface area contributed by atoms with Crippen molar-refractivity contribution in [2.75, 3.05) is 0 Å². The zero-order chi connectivity index (χ0) is 14.7. The number of nitrogens with zero attached hydrogens (tertiary/aromatic N) is 1. The molecule has 0 radical (unpaired) electrons. The molecule has 20 heavy (non-hydrogen) atoms. The van der Waals surface area contributed by atoms with Gasteiger partial charge in [-0.3, -0.25) is 0 Å². The molecule has 0 aliphatic heterocycles. The fraction of sp³-hybridized carbons (Fsp3) is 0.188. The van der Waals surface area contributed by atoms with E-state index < -0.39 is 11.9 Å². The van der Waals surface area contributed by atoms with Gasteiger partial charge in [-0.15, -0.1) is 0 Å². The molecule has 2 rings (SSSR count). The van der Waals surface area contributed by atoms with Gasteiger partial charge in [0.1, 0.15) is 5.75 Å². The number of aryl methyl sites for hydroxylation is 1. The second kappa shape index (κ2) is 5.72. The summed E-state index contributed by atoms with van der Waals surface area (Å²) in [4.78, 5) is 0. The van der Waals surface area contributed by atoms with E-state index in [1.54, 1.807) is 31.2 Å². The van der Waals surface area contributed by atoms with Crippen LogP contribution >= 0.6 is 0 Å². The summed E-state index contributed by atoms with van der Waals surface area (Å²) in [7, 11) is 0. The predicted molar refractivity (Wildman–Crippen MR) is 73.0 cm³/mol. The molecule has 2 aromatic rings. The Morgan fingerprint density at radius 3 is 2.55 bits per heavy atom. The first-order chi connectivity index (χ1) is 9.51. The summed E-state index contributed by atoms with van der Waals surface area (Å²) in [6.07, 6.45) is -0.734. The number of hydrogen-bond acceptors (Lipinski definition) is 3. The van der Waals surface area contributed by atoms with Gasteiger partial charge in [0.15, 0.2) is 11.6 Å². The number of ether oxygens (including phenoxy) is 1. The number of nitriles is 1.